The molecule has 7 heteroatoms. The average molecular weight is 266 g/mol. The second kappa shape index (κ2) is 5.42. The molecule has 1 aromatic rings. The lowest BCUT2D eigenvalue weighted by molar-refractivity contribution is -0.146. The summed E-state index contributed by atoms with van der Waals surface area (Å²) in [6.07, 6.45) is -1.68. The van der Waals surface area contributed by atoms with Crippen molar-refractivity contribution in [2.45, 2.75) is 22.9 Å². The van der Waals surface area contributed by atoms with Crippen LogP contribution in [0.1, 0.15) is 5.56 Å². The fourth-order valence-corrected chi connectivity index (χ4v) is 1.68. The predicted octanol–water partition coefficient (Wildman–Crippen LogP) is 2.29. The van der Waals surface area contributed by atoms with Crippen molar-refractivity contribution in [1.29, 1.82) is 0 Å². The average Bonchev–Trinajstić information content (AvgIpc) is 2.18. The van der Waals surface area contributed by atoms with Crippen LogP contribution < -0.4 is 0 Å². The van der Waals surface area contributed by atoms with Gasteiger partial charge in [0.05, 0.1) is 0 Å². The Labute approximate surface area is 99.3 Å². The lowest BCUT2D eigenvalue weighted by Gasteiger charge is -2.08. The Morgan fingerprint density at radius 1 is 1.29 bits per heavy atom. The van der Waals surface area contributed by atoms with Gasteiger partial charge >= 0.3 is 11.5 Å². The molecular formula is C10H9F3O3S. The van der Waals surface area contributed by atoms with Crippen LogP contribution in [0.25, 0.3) is 0 Å². The van der Waals surface area contributed by atoms with Crippen molar-refractivity contribution in [2.24, 2.45) is 0 Å². The minimum Gasteiger partial charge on any atom is -0.479 e. The molecule has 94 valence electrons. The molecule has 0 fully saturated rings. The van der Waals surface area contributed by atoms with Gasteiger partial charge in [-0.25, -0.2) is 4.79 Å². The molecule has 0 heterocycles. The fourth-order valence-electron chi connectivity index (χ4n) is 1.14. The first-order chi connectivity index (χ1) is 7.78. The number of hydrogen-bond donors (Lipinski definition) is 2. The van der Waals surface area contributed by atoms with E-state index in [4.69, 9.17) is 10.2 Å². The highest BCUT2D eigenvalue weighted by molar-refractivity contribution is 8.00. The molecule has 0 saturated heterocycles. The highest BCUT2D eigenvalue weighted by Crippen LogP contribution is 2.36. The Morgan fingerprint density at radius 2 is 1.82 bits per heavy atom. The van der Waals surface area contributed by atoms with E-state index < -0.39 is 17.6 Å². The van der Waals surface area contributed by atoms with Gasteiger partial charge in [-0.1, -0.05) is 12.1 Å². The van der Waals surface area contributed by atoms with Gasteiger partial charge in [0.2, 0.25) is 0 Å². The highest BCUT2D eigenvalue weighted by atomic mass is 32.2. The molecule has 3 nitrogen and oxygen atoms in total. The van der Waals surface area contributed by atoms with Crippen molar-refractivity contribution in [3.05, 3.63) is 29.8 Å². The van der Waals surface area contributed by atoms with E-state index in [9.17, 15) is 18.0 Å². The number of aliphatic hydroxyl groups is 1. The predicted molar refractivity (Wildman–Crippen MR) is 55.7 cm³/mol. The van der Waals surface area contributed by atoms with E-state index in [0.29, 0.717) is 5.56 Å². The van der Waals surface area contributed by atoms with Crippen LogP contribution >= 0.6 is 11.8 Å². The largest absolute Gasteiger partial charge is 0.479 e. The third-order valence-electron chi connectivity index (χ3n) is 1.87. The van der Waals surface area contributed by atoms with E-state index in [1.807, 2.05) is 0 Å². The zero-order valence-electron chi connectivity index (χ0n) is 8.44. The Bertz CT molecular complexity index is 389. The number of alkyl halides is 3. The smallest absolute Gasteiger partial charge is 0.446 e. The van der Waals surface area contributed by atoms with Crippen molar-refractivity contribution in [2.75, 3.05) is 0 Å². The number of halogens is 3. The molecule has 1 atom stereocenters. The number of thioether (sulfide) groups is 1. The van der Waals surface area contributed by atoms with Crippen LogP contribution in [0, 0.1) is 0 Å². The van der Waals surface area contributed by atoms with E-state index in [0.717, 1.165) is 0 Å². The van der Waals surface area contributed by atoms with Crippen molar-refractivity contribution < 1.29 is 28.2 Å². The van der Waals surface area contributed by atoms with Gasteiger partial charge in [0.1, 0.15) is 0 Å². The van der Waals surface area contributed by atoms with E-state index in [2.05, 4.69) is 0 Å². The standard InChI is InChI=1S/C10H9F3O3S/c11-10(12,13)17-7-3-1-6(2-4-7)5-8(14)9(15)16/h1-4,8,14H,5H2,(H,15,16). The molecule has 0 aliphatic carbocycles. The molecule has 0 spiro atoms. The first-order valence-electron chi connectivity index (χ1n) is 4.53. The number of aliphatic carboxylic acids is 1. The quantitative estimate of drug-likeness (QED) is 0.821. The molecule has 0 amide bonds. The maximum absolute atomic E-state index is 12.0. The van der Waals surface area contributed by atoms with Gasteiger partial charge in [0.25, 0.3) is 0 Å². The summed E-state index contributed by atoms with van der Waals surface area (Å²) in [5, 5.41) is 17.5. The zero-order valence-corrected chi connectivity index (χ0v) is 9.26. The second-order valence-corrected chi connectivity index (χ2v) is 4.39. The maximum Gasteiger partial charge on any atom is 0.446 e. The Hall–Kier alpha value is -1.21. The normalized spacial score (nSPS) is 13.4. The summed E-state index contributed by atoms with van der Waals surface area (Å²) in [6.45, 7) is 0. The third kappa shape index (κ3) is 5.10. The molecule has 2 N–H and O–H groups in total. The van der Waals surface area contributed by atoms with Gasteiger partial charge < -0.3 is 10.2 Å². The van der Waals surface area contributed by atoms with Crippen LogP contribution in [0.15, 0.2) is 29.2 Å². The molecular weight excluding hydrogens is 257 g/mol. The summed E-state index contributed by atoms with van der Waals surface area (Å²) in [5.74, 6) is -1.36. The number of carbonyl (C=O) groups is 1. The van der Waals surface area contributed by atoms with Gasteiger partial charge in [-0.3, -0.25) is 0 Å². The van der Waals surface area contributed by atoms with Crippen LogP contribution in [-0.2, 0) is 11.2 Å². The molecule has 0 saturated carbocycles. The number of aliphatic hydroxyl groups excluding tert-OH is 1. The molecule has 1 aromatic carbocycles. The monoisotopic (exact) mass is 266 g/mol. The molecule has 17 heavy (non-hydrogen) atoms. The van der Waals surface area contributed by atoms with Gasteiger partial charge in [-0.05, 0) is 29.5 Å². The van der Waals surface area contributed by atoms with Crippen molar-refractivity contribution in [3.63, 3.8) is 0 Å². The highest BCUT2D eigenvalue weighted by Gasteiger charge is 2.29. The Kier molecular flexibility index (Phi) is 4.41. The summed E-state index contributed by atoms with van der Waals surface area (Å²) >= 11 is -0.244. The Morgan fingerprint density at radius 3 is 2.24 bits per heavy atom. The van der Waals surface area contributed by atoms with Gasteiger partial charge in [0.15, 0.2) is 6.10 Å². The van der Waals surface area contributed by atoms with Gasteiger partial charge in [0, 0.05) is 11.3 Å². The molecule has 1 rings (SSSR count). The van der Waals surface area contributed by atoms with Crippen molar-refractivity contribution >= 4 is 17.7 Å². The van der Waals surface area contributed by atoms with Gasteiger partial charge in [-0.2, -0.15) is 13.2 Å². The minimum absolute atomic E-state index is 0.0195. The molecule has 0 radical (unpaired) electrons. The number of hydrogen-bond acceptors (Lipinski definition) is 3. The van der Waals surface area contributed by atoms with Crippen molar-refractivity contribution in [3.8, 4) is 0 Å². The zero-order chi connectivity index (χ0) is 13.1. The summed E-state index contributed by atoms with van der Waals surface area (Å²) in [7, 11) is 0. The van der Waals surface area contributed by atoms with Crippen LogP contribution in [-0.4, -0.2) is 27.8 Å². The third-order valence-corrected chi connectivity index (χ3v) is 2.61. The fraction of sp³-hybridized carbons (Fsp3) is 0.300. The van der Waals surface area contributed by atoms with Gasteiger partial charge in [-0.15, -0.1) is 0 Å². The first kappa shape index (κ1) is 13.9. The van der Waals surface area contributed by atoms with Crippen LogP contribution in [0.2, 0.25) is 0 Å². The number of rotatable bonds is 4. The maximum atomic E-state index is 12.0. The summed E-state index contributed by atoms with van der Waals surface area (Å²) in [4.78, 5) is 10.4. The van der Waals surface area contributed by atoms with Crippen molar-refractivity contribution in [1.82, 2.24) is 0 Å². The topological polar surface area (TPSA) is 57.5 Å². The molecule has 0 bridgehead atoms. The molecule has 0 aliphatic rings. The lowest BCUT2D eigenvalue weighted by Crippen LogP contribution is -2.21. The number of carboxylic acids is 1. The number of carboxylic acid groups (broad SMARTS) is 1. The van der Waals surface area contributed by atoms with Crippen LogP contribution in [0.4, 0.5) is 13.2 Å². The van der Waals surface area contributed by atoms with E-state index in [1.54, 1.807) is 0 Å². The first-order valence-corrected chi connectivity index (χ1v) is 5.35. The minimum atomic E-state index is -4.35. The summed E-state index contributed by atoms with van der Waals surface area (Å²) in [6, 6.07) is 5.20. The lowest BCUT2D eigenvalue weighted by atomic mass is 10.1. The molecule has 0 aromatic heterocycles. The summed E-state index contributed by atoms with van der Waals surface area (Å²) < 4.78 is 36.0. The SMILES string of the molecule is O=C(O)C(O)Cc1ccc(SC(F)(F)F)cc1. The second-order valence-electron chi connectivity index (χ2n) is 3.25. The van der Waals surface area contributed by atoms with E-state index in [-0.39, 0.29) is 23.1 Å². The molecule has 1 unspecified atom stereocenters. The number of benzene rings is 1. The molecule has 0 aliphatic heterocycles. The Balaban J connectivity index is 2.65. The summed E-state index contributed by atoms with van der Waals surface area (Å²) in [5.41, 5.74) is -3.88. The van der Waals surface area contributed by atoms with Crippen LogP contribution in [0.5, 0.6) is 0 Å². The van der Waals surface area contributed by atoms with E-state index in [1.165, 1.54) is 24.3 Å². The van der Waals surface area contributed by atoms with Crippen LogP contribution in [0.3, 0.4) is 0 Å². The van der Waals surface area contributed by atoms with E-state index >= 15 is 0 Å².